The summed E-state index contributed by atoms with van der Waals surface area (Å²) >= 11 is 0. The van der Waals surface area contributed by atoms with Crippen molar-refractivity contribution in [3.8, 4) is 0 Å². The van der Waals surface area contributed by atoms with Crippen molar-refractivity contribution in [3.63, 3.8) is 0 Å². The summed E-state index contributed by atoms with van der Waals surface area (Å²) in [5, 5.41) is 0. The molecule has 0 N–H and O–H groups in total. The molecule has 0 aromatic carbocycles. The Balaban J connectivity index is 1.67. The third-order valence-electron chi connectivity index (χ3n) is 5.82. The zero-order chi connectivity index (χ0) is 12.5. The molecule has 0 aromatic heterocycles. The lowest BCUT2D eigenvalue weighted by molar-refractivity contribution is -0.374. The monoisotopic (exact) mass is 252 g/mol. The van der Waals surface area contributed by atoms with E-state index in [1.165, 1.54) is 19.3 Å². The Kier molecular flexibility index (Phi) is 2.27. The number of hydrogen-bond donors (Lipinski definition) is 0. The van der Waals surface area contributed by atoms with Crippen LogP contribution in [0.2, 0.25) is 0 Å². The molecule has 0 bridgehead atoms. The Morgan fingerprint density at radius 2 is 1.94 bits per heavy atom. The van der Waals surface area contributed by atoms with Crippen LogP contribution >= 0.6 is 0 Å². The highest BCUT2D eigenvalue weighted by Gasteiger charge is 2.78. The number of fused-ring (bicyclic) bond motifs is 4. The molecule has 4 fully saturated rings. The number of ether oxygens (including phenoxy) is 3. The maximum atomic E-state index is 6.15. The molecule has 3 heteroatoms. The highest BCUT2D eigenvalue weighted by Crippen LogP contribution is 2.72. The van der Waals surface area contributed by atoms with E-state index in [1.54, 1.807) is 0 Å². The summed E-state index contributed by atoms with van der Waals surface area (Å²) in [5.41, 5.74) is 0.195. The molecule has 102 valence electrons. The fourth-order valence-electron chi connectivity index (χ4n) is 5.10. The van der Waals surface area contributed by atoms with Crippen molar-refractivity contribution >= 4 is 0 Å². The first-order chi connectivity index (χ1) is 8.58. The molecular weight excluding hydrogens is 228 g/mol. The van der Waals surface area contributed by atoms with Gasteiger partial charge in [-0.3, -0.25) is 0 Å². The van der Waals surface area contributed by atoms with E-state index in [0.29, 0.717) is 30.0 Å². The second-order valence-electron chi connectivity index (χ2n) is 7.22. The van der Waals surface area contributed by atoms with Gasteiger partial charge in [0, 0.05) is 17.3 Å². The summed E-state index contributed by atoms with van der Waals surface area (Å²) in [6, 6.07) is 0. The molecule has 1 spiro atoms. The molecule has 5 unspecified atom stereocenters. The average Bonchev–Trinajstić information content (AvgIpc) is 2.89. The maximum absolute atomic E-state index is 6.15. The van der Waals surface area contributed by atoms with Crippen LogP contribution in [0, 0.1) is 23.2 Å². The molecule has 4 rings (SSSR count). The van der Waals surface area contributed by atoms with E-state index in [2.05, 4.69) is 20.8 Å². The molecule has 2 saturated carbocycles. The standard InChI is InChI=1S/C15H24O3/c1-9(2)8-10-12-13-11(18-13)4-5-14(12,3)15(10)16-6-7-17-15/h9-13H,4-8H2,1-3H3. The zero-order valence-electron chi connectivity index (χ0n) is 11.6. The lowest BCUT2D eigenvalue weighted by Crippen LogP contribution is -2.72. The van der Waals surface area contributed by atoms with E-state index in [0.717, 1.165) is 13.2 Å². The number of hydrogen-bond acceptors (Lipinski definition) is 3. The topological polar surface area (TPSA) is 31.0 Å². The van der Waals surface area contributed by atoms with Crippen LogP contribution in [-0.4, -0.2) is 31.2 Å². The van der Waals surface area contributed by atoms with Gasteiger partial charge in [-0.05, 0) is 25.2 Å². The lowest BCUT2D eigenvalue weighted by Gasteiger charge is -2.66. The summed E-state index contributed by atoms with van der Waals surface area (Å²) in [6.07, 6.45) is 4.66. The summed E-state index contributed by atoms with van der Waals surface area (Å²) in [7, 11) is 0. The van der Waals surface area contributed by atoms with Crippen LogP contribution in [-0.2, 0) is 14.2 Å². The van der Waals surface area contributed by atoms with Gasteiger partial charge in [0.15, 0.2) is 5.79 Å². The van der Waals surface area contributed by atoms with Crippen molar-refractivity contribution in [1.29, 1.82) is 0 Å². The van der Waals surface area contributed by atoms with Gasteiger partial charge in [-0.1, -0.05) is 20.8 Å². The normalized spacial score (nSPS) is 52.0. The van der Waals surface area contributed by atoms with Crippen molar-refractivity contribution in [1.82, 2.24) is 0 Å². The van der Waals surface area contributed by atoms with Crippen LogP contribution in [0.1, 0.15) is 40.0 Å². The average molecular weight is 252 g/mol. The third-order valence-corrected chi connectivity index (χ3v) is 5.82. The second-order valence-corrected chi connectivity index (χ2v) is 7.22. The van der Waals surface area contributed by atoms with Crippen LogP contribution in [0.15, 0.2) is 0 Å². The molecule has 3 nitrogen and oxygen atoms in total. The van der Waals surface area contributed by atoms with Gasteiger partial charge in [0.05, 0.1) is 25.4 Å². The van der Waals surface area contributed by atoms with Crippen LogP contribution in [0.5, 0.6) is 0 Å². The molecule has 2 heterocycles. The molecular formula is C15H24O3. The molecule has 5 atom stereocenters. The predicted octanol–water partition coefficient (Wildman–Crippen LogP) is 2.59. The van der Waals surface area contributed by atoms with E-state index in [1.807, 2.05) is 0 Å². The Bertz CT molecular complexity index is 361. The minimum atomic E-state index is -0.279. The highest BCUT2D eigenvalue weighted by atomic mass is 16.7. The summed E-state index contributed by atoms with van der Waals surface area (Å²) < 4.78 is 18.2. The number of epoxide rings is 1. The molecule has 2 aliphatic heterocycles. The molecule has 2 aliphatic carbocycles. The van der Waals surface area contributed by atoms with E-state index >= 15 is 0 Å². The molecule has 0 radical (unpaired) electrons. The lowest BCUT2D eigenvalue weighted by atomic mass is 9.44. The van der Waals surface area contributed by atoms with Gasteiger partial charge in [0.2, 0.25) is 0 Å². The summed E-state index contributed by atoms with van der Waals surface area (Å²) in [5.74, 6) is 1.62. The third kappa shape index (κ3) is 1.21. The second kappa shape index (κ2) is 3.50. The van der Waals surface area contributed by atoms with Crippen molar-refractivity contribution < 1.29 is 14.2 Å². The summed E-state index contributed by atoms with van der Waals surface area (Å²) in [4.78, 5) is 0. The van der Waals surface area contributed by atoms with Crippen LogP contribution < -0.4 is 0 Å². The Morgan fingerprint density at radius 3 is 2.61 bits per heavy atom. The van der Waals surface area contributed by atoms with E-state index in [-0.39, 0.29) is 11.2 Å². The zero-order valence-corrected chi connectivity index (χ0v) is 11.6. The van der Waals surface area contributed by atoms with Gasteiger partial charge in [0.1, 0.15) is 0 Å². The number of rotatable bonds is 2. The fraction of sp³-hybridized carbons (Fsp3) is 1.00. The molecule has 18 heavy (non-hydrogen) atoms. The van der Waals surface area contributed by atoms with Gasteiger partial charge in [0.25, 0.3) is 0 Å². The van der Waals surface area contributed by atoms with Crippen LogP contribution in [0.3, 0.4) is 0 Å². The van der Waals surface area contributed by atoms with Crippen LogP contribution in [0.25, 0.3) is 0 Å². The van der Waals surface area contributed by atoms with E-state index < -0.39 is 0 Å². The van der Waals surface area contributed by atoms with Crippen molar-refractivity contribution in [2.24, 2.45) is 23.2 Å². The Morgan fingerprint density at radius 1 is 1.22 bits per heavy atom. The maximum Gasteiger partial charge on any atom is 0.177 e. The van der Waals surface area contributed by atoms with E-state index in [9.17, 15) is 0 Å². The minimum Gasteiger partial charge on any atom is -0.369 e. The largest absolute Gasteiger partial charge is 0.369 e. The first-order valence-electron chi connectivity index (χ1n) is 7.52. The molecule has 0 amide bonds. The van der Waals surface area contributed by atoms with Gasteiger partial charge >= 0.3 is 0 Å². The fourth-order valence-corrected chi connectivity index (χ4v) is 5.10. The van der Waals surface area contributed by atoms with Gasteiger partial charge < -0.3 is 14.2 Å². The van der Waals surface area contributed by atoms with Crippen molar-refractivity contribution in [2.75, 3.05) is 13.2 Å². The van der Waals surface area contributed by atoms with Gasteiger partial charge in [-0.2, -0.15) is 0 Å². The van der Waals surface area contributed by atoms with Crippen molar-refractivity contribution in [2.45, 2.75) is 58.0 Å². The first kappa shape index (κ1) is 11.7. The first-order valence-corrected chi connectivity index (χ1v) is 7.52. The van der Waals surface area contributed by atoms with Crippen LogP contribution in [0.4, 0.5) is 0 Å². The quantitative estimate of drug-likeness (QED) is 0.708. The predicted molar refractivity (Wildman–Crippen MR) is 67.1 cm³/mol. The Labute approximate surface area is 109 Å². The van der Waals surface area contributed by atoms with Crippen molar-refractivity contribution in [3.05, 3.63) is 0 Å². The smallest absolute Gasteiger partial charge is 0.177 e. The summed E-state index contributed by atoms with van der Waals surface area (Å²) in [6.45, 7) is 8.51. The SMILES string of the molecule is CC(C)CC1C2C3OC3CCC2(C)C12OCCO2. The van der Waals surface area contributed by atoms with Gasteiger partial charge in [-0.25, -0.2) is 0 Å². The molecule has 4 aliphatic rings. The molecule has 2 saturated heterocycles. The molecule has 0 aromatic rings. The van der Waals surface area contributed by atoms with E-state index in [4.69, 9.17) is 14.2 Å². The van der Waals surface area contributed by atoms with Gasteiger partial charge in [-0.15, -0.1) is 0 Å². The Hall–Kier alpha value is -0.120. The minimum absolute atomic E-state index is 0.195. The highest BCUT2D eigenvalue weighted by molar-refractivity contribution is 5.22.